The third-order valence-electron chi connectivity index (χ3n) is 2.70. The molecule has 1 atom stereocenters. The molecule has 3 N–H and O–H groups in total. The fourth-order valence-electron chi connectivity index (χ4n) is 1.56. The second-order valence-electron chi connectivity index (χ2n) is 4.79. The van der Waals surface area contributed by atoms with Gasteiger partial charge < -0.3 is 15.7 Å². The largest absolute Gasteiger partial charge is 0.392 e. The van der Waals surface area contributed by atoms with Gasteiger partial charge in [0.15, 0.2) is 0 Å². The molecule has 0 aromatic heterocycles. The molecule has 0 aliphatic heterocycles. The van der Waals surface area contributed by atoms with Crippen LogP contribution in [0.5, 0.6) is 0 Å². The van der Waals surface area contributed by atoms with Crippen LogP contribution in [0.4, 0.5) is 5.69 Å². The Morgan fingerprint density at radius 3 is 2.30 bits per heavy atom. The summed E-state index contributed by atoms with van der Waals surface area (Å²) in [6, 6.07) is 6.65. The lowest BCUT2D eigenvalue weighted by Crippen LogP contribution is -2.28. The number of sulfonamides is 1. The number of rotatable bonds is 8. The predicted molar refractivity (Wildman–Crippen MR) is 80.4 cm³/mol. The van der Waals surface area contributed by atoms with Gasteiger partial charge in [-0.25, -0.2) is 12.7 Å². The standard InChI is InChI=1S/C13H23N3O3S/c1-11(17)10-14-8-9-15-12-4-6-13(7-5-12)20(18,19)16(2)3/h4-7,11,14-15,17H,8-10H2,1-3H3. The van der Waals surface area contributed by atoms with E-state index in [1.807, 2.05) is 0 Å². The van der Waals surface area contributed by atoms with Crippen molar-refractivity contribution in [3.8, 4) is 0 Å². The van der Waals surface area contributed by atoms with E-state index in [4.69, 9.17) is 5.11 Å². The summed E-state index contributed by atoms with van der Waals surface area (Å²) in [6.07, 6.45) is -0.356. The summed E-state index contributed by atoms with van der Waals surface area (Å²) in [4.78, 5) is 0.278. The molecule has 6 nitrogen and oxygen atoms in total. The fourth-order valence-corrected chi connectivity index (χ4v) is 2.46. The number of nitrogens with one attached hydrogen (secondary N) is 2. The minimum absolute atomic E-state index is 0.278. The zero-order valence-electron chi connectivity index (χ0n) is 12.1. The number of aliphatic hydroxyl groups excluding tert-OH is 1. The van der Waals surface area contributed by atoms with Gasteiger partial charge in [0, 0.05) is 39.4 Å². The van der Waals surface area contributed by atoms with Gasteiger partial charge in [-0.15, -0.1) is 0 Å². The number of hydrogen-bond acceptors (Lipinski definition) is 5. The van der Waals surface area contributed by atoms with Gasteiger partial charge in [-0.2, -0.15) is 0 Å². The lowest BCUT2D eigenvalue weighted by Gasteiger charge is -2.12. The van der Waals surface area contributed by atoms with Crippen molar-refractivity contribution in [1.29, 1.82) is 0 Å². The normalized spacial score (nSPS) is 13.4. The highest BCUT2D eigenvalue weighted by Crippen LogP contribution is 2.16. The van der Waals surface area contributed by atoms with Gasteiger partial charge in [-0.1, -0.05) is 0 Å². The van der Waals surface area contributed by atoms with Gasteiger partial charge in [-0.3, -0.25) is 0 Å². The lowest BCUT2D eigenvalue weighted by molar-refractivity contribution is 0.192. The Kier molecular flexibility index (Phi) is 6.41. The molecule has 1 aromatic rings. The van der Waals surface area contributed by atoms with Gasteiger partial charge >= 0.3 is 0 Å². The van der Waals surface area contributed by atoms with Crippen molar-refractivity contribution in [2.45, 2.75) is 17.9 Å². The molecule has 0 aliphatic rings. The molecule has 0 saturated carbocycles. The molecule has 114 valence electrons. The molecule has 0 heterocycles. The zero-order chi connectivity index (χ0) is 15.2. The van der Waals surface area contributed by atoms with E-state index < -0.39 is 10.0 Å². The van der Waals surface area contributed by atoms with Crippen LogP contribution in [-0.2, 0) is 10.0 Å². The van der Waals surface area contributed by atoms with Crippen LogP contribution < -0.4 is 10.6 Å². The molecule has 1 rings (SSSR count). The molecule has 1 aromatic carbocycles. The third kappa shape index (κ3) is 5.09. The van der Waals surface area contributed by atoms with Gasteiger partial charge in [0.05, 0.1) is 11.0 Å². The summed E-state index contributed by atoms with van der Waals surface area (Å²) < 4.78 is 24.9. The van der Waals surface area contributed by atoms with E-state index >= 15 is 0 Å². The van der Waals surface area contributed by atoms with Crippen LogP contribution in [-0.4, -0.2) is 57.7 Å². The van der Waals surface area contributed by atoms with Crippen LogP contribution in [0.2, 0.25) is 0 Å². The first-order valence-electron chi connectivity index (χ1n) is 6.49. The first-order valence-corrected chi connectivity index (χ1v) is 7.93. The number of hydrogen-bond donors (Lipinski definition) is 3. The molecular formula is C13H23N3O3S. The molecule has 20 heavy (non-hydrogen) atoms. The van der Waals surface area contributed by atoms with Crippen molar-refractivity contribution < 1.29 is 13.5 Å². The number of benzene rings is 1. The Labute approximate surface area is 120 Å². The molecular weight excluding hydrogens is 278 g/mol. The summed E-state index contributed by atoms with van der Waals surface area (Å²) in [5.74, 6) is 0. The average Bonchev–Trinajstić information content (AvgIpc) is 2.38. The summed E-state index contributed by atoms with van der Waals surface area (Å²) in [5.41, 5.74) is 0.863. The van der Waals surface area contributed by atoms with E-state index in [1.165, 1.54) is 18.4 Å². The molecule has 0 amide bonds. The van der Waals surface area contributed by atoms with Gasteiger partial charge in [-0.05, 0) is 31.2 Å². The van der Waals surface area contributed by atoms with Gasteiger partial charge in [0.1, 0.15) is 0 Å². The van der Waals surface area contributed by atoms with Crippen molar-refractivity contribution in [2.75, 3.05) is 39.0 Å². The Morgan fingerprint density at radius 2 is 1.80 bits per heavy atom. The highest BCUT2D eigenvalue weighted by molar-refractivity contribution is 7.89. The highest BCUT2D eigenvalue weighted by Gasteiger charge is 2.16. The quantitative estimate of drug-likeness (QED) is 0.603. The zero-order valence-corrected chi connectivity index (χ0v) is 12.9. The Bertz CT molecular complexity index is 498. The van der Waals surface area contributed by atoms with Crippen LogP contribution >= 0.6 is 0 Å². The second kappa shape index (κ2) is 7.58. The minimum atomic E-state index is -3.37. The second-order valence-corrected chi connectivity index (χ2v) is 6.94. The van der Waals surface area contributed by atoms with Crippen LogP contribution in [0, 0.1) is 0 Å². The number of nitrogens with zero attached hydrogens (tertiary/aromatic N) is 1. The Morgan fingerprint density at radius 1 is 1.20 bits per heavy atom. The molecule has 0 fully saturated rings. The molecule has 0 saturated heterocycles. The summed E-state index contributed by atoms with van der Waals surface area (Å²) >= 11 is 0. The maximum absolute atomic E-state index is 11.9. The molecule has 0 spiro atoms. The third-order valence-corrected chi connectivity index (χ3v) is 4.53. The van der Waals surface area contributed by atoms with Gasteiger partial charge in [0.25, 0.3) is 0 Å². The van der Waals surface area contributed by atoms with Crippen LogP contribution in [0.3, 0.4) is 0 Å². The highest BCUT2D eigenvalue weighted by atomic mass is 32.2. The van der Waals surface area contributed by atoms with Crippen LogP contribution in [0.15, 0.2) is 29.2 Å². The fraction of sp³-hybridized carbons (Fsp3) is 0.538. The smallest absolute Gasteiger partial charge is 0.242 e. The van der Waals surface area contributed by atoms with E-state index in [-0.39, 0.29) is 11.0 Å². The molecule has 0 radical (unpaired) electrons. The van der Waals surface area contributed by atoms with Crippen molar-refractivity contribution in [3.05, 3.63) is 24.3 Å². The number of anilines is 1. The number of aliphatic hydroxyl groups is 1. The first-order chi connectivity index (χ1) is 9.34. The van der Waals surface area contributed by atoms with E-state index in [9.17, 15) is 8.42 Å². The summed E-state index contributed by atoms with van der Waals surface area (Å²) in [5, 5.41) is 15.3. The topological polar surface area (TPSA) is 81.7 Å². The molecule has 0 aliphatic carbocycles. The lowest BCUT2D eigenvalue weighted by atomic mass is 10.3. The SMILES string of the molecule is CC(O)CNCCNc1ccc(S(=O)(=O)N(C)C)cc1. The minimum Gasteiger partial charge on any atom is -0.392 e. The maximum Gasteiger partial charge on any atom is 0.242 e. The predicted octanol–water partition coefficient (Wildman–Crippen LogP) is 0.319. The maximum atomic E-state index is 11.9. The van der Waals surface area contributed by atoms with Gasteiger partial charge in [0.2, 0.25) is 10.0 Å². The van der Waals surface area contributed by atoms with E-state index in [1.54, 1.807) is 31.2 Å². The molecule has 0 bridgehead atoms. The molecule has 7 heteroatoms. The Hall–Kier alpha value is -1.15. The van der Waals surface area contributed by atoms with Crippen LogP contribution in [0.1, 0.15) is 6.92 Å². The van der Waals surface area contributed by atoms with Crippen molar-refractivity contribution in [2.24, 2.45) is 0 Å². The van der Waals surface area contributed by atoms with E-state index in [0.29, 0.717) is 13.1 Å². The Balaban J connectivity index is 2.48. The van der Waals surface area contributed by atoms with Crippen molar-refractivity contribution in [1.82, 2.24) is 9.62 Å². The summed E-state index contributed by atoms with van der Waals surface area (Å²) in [6.45, 7) is 3.71. The molecule has 1 unspecified atom stereocenters. The first kappa shape index (κ1) is 16.9. The van der Waals surface area contributed by atoms with Crippen molar-refractivity contribution >= 4 is 15.7 Å². The monoisotopic (exact) mass is 301 g/mol. The van der Waals surface area contributed by atoms with E-state index in [2.05, 4.69) is 10.6 Å². The van der Waals surface area contributed by atoms with Crippen LogP contribution in [0.25, 0.3) is 0 Å². The van der Waals surface area contributed by atoms with E-state index in [0.717, 1.165) is 12.2 Å². The summed E-state index contributed by atoms with van der Waals surface area (Å²) in [7, 11) is -0.348. The average molecular weight is 301 g/mol. The van der Waals surface area contributed by atoms with Crippen molar-refractivity contribution in [3.63, 3.8) is 0 Å².